The summed E-state index contributed by atoms with van der Waals surface area (Å²) in [6.07, 6.45) is 3.70. The number of hydrogen-bond donors (Lipinski definition) is 1. The first-order chi connectivity index (χ1) is 8.08. The van der Waals surface area contributed by atoms with E-state index in [4.69, 9.17) is 11.6 Å². The van der Waals surface area contributed by atoms with Crippen molar-refractivity contribution in [2.24, 2.45) is 7.05 Å². The van der Waals surface area contributed by atoms with Crippen LogP contribution in [0.4, 0.5) is 5.69 Å². The average molecular weight is 257 g/mol. The zero-order chi connectivity index (χ0) is 12.4. The molecule has 5 nitrogen and oxygen atoms in total. The Labute approximate surface area is 105 Å². The van der Waals surface area contributed by atoms with E-state index in [1.807, 2.05) is 0 Å². The van der Waals surface area contributed by atoms with E-state index in [0.29, 0.717) is 10.7 Å². The van der Waals surface area contributed by atoms with E-state index >= 15 is 0 Å². The van der Waals surface area contributed by atoms with Crippen molar-refractivity contribution in [3.8, 4) is 0 Å². The molecule has 1 aromatic rings. The summed E-state index contributed by atoms with van der Waals surface area (Å²) in [6.45, 7) is 2.04. The minimum absolute atomic E-state index is 0.175. The number of hydrogen-bond acceptors (Lipinski definition) is 4. The van der Waals surface area contributed by atoms with Gasteiger partial charge in [-0.25, -0.2) is 4.68 Å². The second-order valence-corrected chi connectivity index (χ2v) is 4.95. The highest BCUT2D eigenvalue weighted by molar-refractivity contribution is 6.33. The lowest BCUT2D eigenvalue weighted by Gasteiger charge is -2.30. The highest BCUT2D eigenvalue weighted by Crippen LogP contribution is 2.19. The van der Waals surface area contributed by atoms with E-state index in [1.54, 1.807) is 7.05 Å². The Kier molecular flexibility index (Phi) is 3.69. The summed E-state index contributed by atoms with van der Waals surface area (Å²) in [6, 6.07) is 0.279. The summed E-state index contributed by atoms with van der Waals surface area (Å²) in [5, 5.41) is 7.50. The van der Waals surface area contributed by atoms with E-state index in [-0.39, 0.29) is 11.6 Å². The van der Waals surface area contributed by atoms with Gasteiger partial charge in [-0.05, 0) is 26.4 Å². The van der Waals surface area contributed by atoms with Crippen molar-refractivity contribution in [2.75, 3.05) is 25.5 Å². The first-order valence-corrected chi connectivity index (χ1v) is 6.12. The fourth-order valence-corrected chi connectivity index (χ4v) is 2.32. The van der Waals surface area contributed by atoms with Crippen molar-refractivity contribution in [1.82, 2.24) is 14.7 Å². The summed E-state index contributed by atoms with van der Waals surface area (Å²) in [4.78, 5) is 14.1. The Morgan fingerprint density at radius 1 is 1.53 bits per heavy atom. The largest absolute Gasteiger partial charge is 0.375 e. The third-order valence-corrected chi connectivity index (χ3v) is 3.35. The van der Waals surface area contributed by atoms with E-state index < -0.39 is 0 Å². The van der Waals surface area contributed by atoms with Crippen LogP contribution in [0.25, 0.3) is 0 Å². The van der Waals surface area contributed by atoms with E-state index in [9.17, 15) is 4.79 Å². The third kappa shape index (κ3) is 2.79. The average Bonchev–Trinajstić information content (AvgIpc) is 2.30. The van der Waals surface area contributed by atoms with Gasteiger partial charge in [-0.3, -0.25) is 4.79 Å². The molecular formula is C11H17ClN4O. The number of anilines is 1. The van der Waals surface area contributed by atoms with Gasteiger partial charge in [0.25, 0.3) is 5.56 Å². The zero-order valence-electron chi connectivity index (χ0n) is 10.1. The fourth-order valence-electron chi connectivity index (χ4n) is 2.14. The van der Waals surface area contributed by atoms with Crippen molar-refractivity contribution in [3.63, 3.8) is 0 Å². The van der Waals surface area contributed by atoms with Crippen LogP contribution < -0.4 is 10.9 Å². The fraction of sp³-hybridized carbons (Fsp3) is 0.636. The number of aromatic nitrogens is 2. The zero-order valence-corrected chi connectivity index (χ0v) is 10.9. The molecule has 6 heteroatoms. The molecule has 0 spiro atoms. The highest BCUT2D eigenvalue weighted by atomic mass is 35.5. The van der Waals surface area contributed by atoms with Crippen LogP contribution in [0, 0.1) is 0 Å². The summed E-state index contributed by atoms with van der Waals surface area (Å²) in [7, 11) is 3.71. The smallest absolute Gasteiger partial charge is 0.291 e. The highest BCUT2D eigenvalue weighted by Gasteiger charge is 2.19. The first kappa shape index (κ1) is 12.4. The van der Waals surface area contributed by atoms with Gasteiger partial charge in [-0.2, -0.15) is 5.10 Å². The normalized spacial score (nSPS) is 21.5. The van der Waals surface area contributed by atoms with Crippen molar-refractivity contribution in [1.29, 1.82) is 0 Å². The van der Waals surface area contributed by atoms with Gasteiger partial charge in [0.05, 0.1) is 11.2 Å². The second-order valence-electron chi connectivity index (χ2n) is 4.54. The number of aryl methyl sites for hydroxylation is 1. The van der Waals surface area contributed by atoms with Crippen molar-refractivity contribution in [3.05, 3.63) is 21.6 Å². The summed E-state index contributed by atoms with van der Waals surface area (Å²) < 4.78 is 1.29. The van der Waals surface area contributed by atoms with Gasteiger partial charge in [-0.15, -0.1) is 0 Å². The number of nitrogens with one attached hydrogen (secondary N) is 1. The Morgan fingerprint density at radius 3 is 3.00 bits per heavy atom. The summed E-state index contributed by atoms with van der Waals surface area (Å²) in [5.74, 6) is 0. The Morgan fingerprint density at radius 2 is 2.29 bits per heavy atom. The van der Waals surface area contributed by atoms with Gasteiger partial charge < -0.3 is 10.2 Å². The molecular weight excluding hydrogens is 240 g/mol. The van der Waals surface area contributed by atoms with Gasteiger partial charge in [0.1, 0.15) is 5.69 Å². The number of likely N-dealkylation sites (N-methyl/N-ethyl adjacent to an activating group) is 1. The Bertz CT molecular complexity index is 459. The molecule has 0 radical (unpaired) electrons. The van der Waals surface area contributed by atoms with Gasteiger partial charge in [0, 0.05) is 19.6 Å². The molecule has 2 rings (SSSR count). The molecule has 1 N–H and O–H groups in total. The van der Waals surface area contributed by atoms with Crippen LogP contribution in [0.5, 0.6) is 0 Å². The number of likely N-dealkylation sites (tertiary alicyclic amines) is 1. The summed E-state index contributed by atoms with van der Waals surface area (Å²) >= 11 is 6.01. The standard InChI is InChI=1S/C11H17ClN4O/c1-15-5-3-4-8(7-15)14-10-9(12)6-13-16(2)11(10)17/h6,8,14H,3-5,7H2,1-2H3/t8-/m0/s1. The predicted molar refractivity (Wildman–Crippen MR) is 68.6 cm³/mol. The molecule has 1 aliphatic heterocycles. The third-order valence-electron chi connectivity index (χ3n) is 3.06. The molecule has 0 amide bonds. The molecule has 2 heterocycles. The molecule has 94 valence electrons. The lowest BCUT2D eigenvalue weighted by atomic mass is 10.1. The predicted octanol–water partition coefficient (Wildman–Crippen LogP) is 0.940. The molecule has 0 aromatic carbocycles. The van der Waals surface area contributed by atoms with Crippen molar-refractivity contribution < 1.29 is 0 Å². The molecule has 0 bridgehead atoms. The van der Waals surface area contributed by atoms with Crippen LogP contribution in [0.1, 0.15) is 12.8 Å². The van der Waals surface area contributed by atoms with Crippen LogP contribution in [-0.4, -0.2) is 40.9 Å². The molecule has 1 aromatic heterocycles. The molecule has 0 unspecified atom stereocenters. The lowest BCUT2D eigenvalue weighted by Crippen LogP contribution is -2.41. The van der Waals surface area contributed by atoms with Crippen LogP contribution in [0.15, 0.2) is 11.0 Å². The molecule has 0 saturated carbocycles. The minimum atomic E-state index is -0.175. The molecule has 1 saturated heterocycles. The SMILES string of the molecule is CN1CCC[C@H](Nc2c(Cl)cnn(C)c2=O)C1. The molecule has 1 fully saturated rings. The number of nitrogens with zero attached hydrogens (tertiary/aromatic N) is 3. The number of rotatable bonds is 2. The van der Waals surface area contributed by atoms with Gasteiger partial charge >= 0.3 is 0 Å². The topological polar surface area (TPSA) is 50.2 Å². The molecule has 1 atom stereocenters. The minimum Gasteiger partial charge on any atom is -0.375 e. The maximum atomic E-state index is 11.9. The quantitative estimate of drug-likeness (QED) is 0.856. The van der Waals surface area contributed by atoms with Crippen LogP contribution >= 0.6 is 11.6 Å². The van der Waals surface area contributed by atoms with E-state index in [1.165, 1.54) is 10.9 Å². The van der Waals surface area contributed by atoms with E-state index in [2.05, 4.69) is 22.4 Å². The monoisotopic (exact) mass is 256 g/mol. The molecule has 1 aliphatic rings. The number of halogens is 1. The van der Waals surface area contributed by atoms with E-state index in [0.717, 1.165) is 25.9 Å². The maximum Gasteiger partial charge on any atom is 0.291 e. The van der Waals surface area contributed by atoms with Crippen LogP contribution in [0.2, 0.25) is 5.02 Å². The Balaban J connectivity index is 2.18. The van der Waals surface area contributed by atoms with Crippen LogP contribution in [0.3, 0.4) is 0 Å². The molecule has 17 heavy (non-hydrogen) atoms. The van der Waals surface area contributed by atoms with Gasteiger partial charge in [-0.1, -0.05) is 11.6 Å². The first-order valence-electron chi connectivity index (χ1n) is 5.75. The molecule has 0 aliphatic carbocycles. The van der Waals surface area contributed by atoms with Crippen molar-refractivity contribution >= 4 is 17.3 Å². The lowest BCUT2D eigenvalue weighted by molar-refractivity contribution is 0.261. The summed E-state index contributed by atoms with van der Waals surface area (Å²) in [5.41, 5.74) is 0.287. The maximum absolute atomic E-state index is 11.9. The van der Waals surface area contributed by atoms with Gasteiger partial charge in [0.15, 0.2) is 0 Å². The van der Waals surface area contributed by atoms with Gasteiger partial charge in [0.2, 0.25) is 0 Å². The Hall–Kier alpha value is -1.07. The second kappa shape index (κ2) is 5.06. The number of piperidine rings is 1. The van der Waals surface area contributed by atoms with Crippen LogP contribution in [-0.2, 0) is 7.05 Å². The van der Waals surface area contributed by atoms with Crippen molar-refractivity contribution in [2.45, 2.75) is 18.9 Å².